The van der Waals surface area contributed by atoms with Crippen molar-refractivity contribution in [3.63, 3.8) is 0 Å². The molecule has 0 spiro atoms. The number of aliphatic hydroxyl groups excluding tert-OH is 4. The van der Waals surface area contributed by atoms with Crippen molar-refractivity contribution in [3.8, 4) is 45.6 Å². The van der Waals surface area contributed by atoms with Crippen molar-refractivity contribution in [2.45, 2.75) is 45.9 Å². The van der Waals surface area contributed by atoms with E-state index in [-0.39, 0.29) is 38.9 Å². The van der Waals surface area contributed by atoms with E-state index in [4.69, 9.17) is 23.5 Å². The molecular formula is C39H41N3O10. The number of hydrogen-bond acceptors (Lipinski definition) is 12. The minimum absolute atomic E-state index is 0.166. The molecule has 6 rings (SSSR count). The number of aliphatic hydroxyl groups is 4. The van der Waals surface area contributed by atoms with E-state index >= 15 is 0 Å². The SMILES string of the molecule is COc1cc(-c2cc(-c3cc(CO)c(CO)c(CO)c3)no2)cc(OC)c1OCCCOc1ccc(C2NC(=O)c3cc(C)ccc3N2)cc1CO. The third-order valence-electron chi connectivity index (χ3n) is 8.86. The molecule has 0 bridgehead atoms. The quantitative estimate of drug-likeness (QED) is 0.0800. The van der Waals surface area contributed by atoms with Crippen molar-refractivity contribution < 1.29 is 48.7 Å². The van der Waals surface area contributed by atoms with Gasteiger partial charge in [0.25, 0.3) is 5.91 Å². The van der Waals surface area contributed by atoms with E-state index in [0.717, 1.165) is 16.8 Å². The number of carbonyl (C=O) groups excluding carboxylic acids is 1. The first-order chi connectivity index (χ1) is 25.3. The molecule has 1 atom stereocenters. The van der Waals surface area contributed by atoms with Gasteiger partial charge in [0.05, 0.1) is 59.4 Å². The molecule has 0 aliphatic carbocycles. The number of ether oxygens (including phenoxy) is 4. The number of fused-ring (bicyclic) bond motifs is 1. The number of aromatic nitrogens is 1. The third-order valence-corrected chi connectivity index (χ3v) is 8.86. The molecule has 1 aliphatic heterocycles. The average molecular weight is 712 g/mol. The maximum atomic E-state index is 12.7. The number of hydrogen-bond donors (Lipinski definition) is 6. The summed E-state index contributed by atoms with van der Waals surface area (Å²) in [6.07, 6.45) is 0.0476. The maximum absolute atomic E-state index is 12.7. The molecule has 4 aromatic carbocycles. The minimum atomic E-state index is -0.456. The number of carbonyl (C=O) groups is 1. The van der Waals surface area contributed by atoms with E-state index in [1.54, 1.807) is 36.4 Å². The topological polar surface area (TPSA) is 185 Å². The fourth-order valence-electron chi connectivity index (χ4n) is 6.14. The zero-order valence-corrected chi connectivity index (χ0v) is 29.1. The number of methoxy groups -OCH3 is 2. The van der Waals surface area contributed by atoms with Crippen molar-refractivity contribution in [3.05, 3.63) is 106 Å². The molecule has 1 aromatic heterocycles. The molecule has 1 unspecified atom stereocenters. The van der Waals surface area contributed by atoms with Gasteiger partial charge in [0.1, 0.15) is 17.6 Å². The first-order valence-electron chi connectivity index (χ1n) is 16.7. The predicted octanol–water partition coefficient (Wildman–Crippen LogP) is 5.01. The Morgan fingerprint density at radius 1 is 0.731 bits per heavy atom. The third kappa shape index (κ3) is 7.53. The Bertz CT molecular complexity index is 2010. The highest BCUT2D eigenvalue weighted by Crippen LogP contribution is 2.42. The van der Waals surface area contributed by atoms with Crippen molar-refractivity contribution in [2.24, 2.45) is 0 Å². The summed E-state index contributed by atoms with van der Waals surface area (Å²) < 4.78 is 29.0. The Hall–Kier alpha value is -5.60. The lowest BCUT2D eigenvalue weighted by Crippen LogP contribution is -2.38. The van der Waals surface area contributed by atoms with Crippen molar-refractivity contribution >= 4 is 11.6 Å². The lowest BCUT2D eigenvalue weighted by molar-refractivity contribution is 0.0935. The van der Waals surface area contributed by atoms with Crippen molar-refractivity contribution in [1.82, 2.24) is 10.5 Å². The van der Waals surface area contributed by atoms with Crippen LogP contribution in [0.4, 0.5) is 5.69 Å². The van der Waals surface area contributed by atoms with E-state index in [1.165, 1.54) is 14.2 Å². The Balaban J connectivity index is 1.09. The first kappa shape index (κ1) is 36.2. The largest absolute Gasteiger partial charge is 0.493 e. The number of amides is 1. The van der Waals surface area contributed by atoms with Crippen molar-refractivity contribution in [1.29, 1.82) is 0 Å². The van der Waals surface area contributed by atoms with Gasteiger partial charge in [-0.25, -0.2) is 0 Å². The van der Waals surface area contributed by atoms with Crippen LogP contribution in [0.25, 0.3) is 22.6 Å². The fourth-order valence-corrected chi connectivity index (χ4v) is 6.14. The second kappa shape index (κ2) is 16.2. The normalized spacial score (nSPS) is 13.6. The monoisotopic (exact) mass is 711 g/mol. The van der Waals surface area contributed by atoms with Crippen LogP contribution >= 0.6 is 0 Å². The summed E-state index contributed by atoms with van der Waals surface area (Å²) in [7, 11) is 3.04. The van der Waals surface area contributed by atoms with Crippen LogP contribution in [0.2, 0.25) is 0 Å². The van der Waals surface area contributed by atoms with E-state index in [1.807, 2.05) is 37.3 Å². The van der Waals surface area contributed by atoms with Crippen LogP contribution in [0.1, 0.15) is 56.3 Å². The molecule has 272 valence electrons. The molecule has 0 fully saturated rings. The van der Waals surface area contributed by atoms with Gasteiger partial charge in [-0.15, -0.1) is 0 Å². The summed E-state index contributed by atoms with van der Waals surface area (Å²) in [5, 5.41) is 49.9. The van der Waals surface area contributed by atoms with Crippen LogP contribution in [0, 0.1) is 6.92 Å². The Kier molecular flexibility index (Phi) is 11.3. The number of nitrogens with one attached hydrogen (secondary N) is 2. The van der Waals surface area contributed by atoms with Gasteiger partial charge in [-0.05, 0) is 77.7 Å². The Morgan fingerprint density at radius 3 is 2.08 bits per heavy atom. The molecule has 0 saturated carbocycles. The summed E-state index contributed by atoms with van der Waals surface area (Å²) in [5.41, 5.74) is 6.86. The summed E-state index contributed by atoms with van der Waals surface area (Å²) in [6, 6.07) is 19.7. The van der Waals surface area contributed by atoms with Gasteiger partial charge >= 0.3 is 0 Å². The molecule has 52 heavy (non-hydrogen) atoms. The second-order valence-electron chi connectivity index (χ2n) is 12.2. The molecule has 2 heterocycles. The Morgan fingerprint density at radius 2 is 1.42 bits per heavy atom. The van der Waals surface area contributed by atoms with Crippen LogP contribution in [-0.4, -0.2) is 58.9 Å². The van der Waals surface area contributed by atoms with E-state index in [0.29, 0.717) is 86.4 Å². The lowest BCUT2D eigenvalue weighted by Gasteiger charge is -2.29. The van der Waals surface area contributed by atoms with E-state index in [9.17, 15) is 25.2 Å². The highest BCUT2D eigenvalue weighted by molar-refractivity contribution is 6.01. The number of aryl methyl sites for hydroxylation is 1. The van der Waals surface area contributed by atoms with Gasteiger partial charge in [-0.1, -0.05) is 22.9 Å². The van der Waals surface area contributed by atoms with E-state index in [2.05, 4.69) is 15.8 Å². The van der Waals surface area contributed by atoms with E-state index < -0.39 is 6.17 Å². The van der Waals surface area contributed by atoms with Gasteiger partial charge in [0.15, 0.2) is 17.3 Å². The Labute approximate surface area is 300 Å². The van der Waals surface area contributed by atoms with Crippen LogP contribution in [0.3, 0.4) is 0 Å². The summed E-state index contributed by atoms with van der Waals surface area (Å²) in [5.74, 6) is 1.99. The van der Waals surface area contributed by atoms with Gasteiger partial charge < -0.3 is 54.5 Å². The molecule has 5 aromatic rings. The van der Waals surface area contributed by atoms with Crippen LogP contribution in [0.15, 0.2) is 71.3 Å². The number of nitrogens with zero attached hydrogens (tertiary/aromatic N) is 1. The van der Waals surface area contributed by atoms with Crippen molar-refractivity contribution in [2.75, 3.05) is 32.8 Å². The number of anilines is 1. The first-order valence-corrected chi connectivity index (χ1v) is 16.7. The summed E-state index contributed by atoms with van der Waals surface area (Å²) >= 11 is 0. The predicted molar refractivity (Wildman–Crippen MR) is 191 cm³/mol. The fraction of sp³-hybridized carbons (Fsp3) is 0.282. The van der Waals surface area contributed by atoms with Gasteiger partial charge in [-0.3, -0.25) is 4.79 Å². The number of benzene rings is 4. The summed E-state index contributed by atoms with van der Waals surface area (Å²) in [4.78, 5) is 12.7. The summed E-state index contributed by atoms with van der Waals surface area (Å²) in [6.45, 7) is 1.34. The molecule has 13 heteroatoms. The van der Waals surface area contributed by atoms with Crippen LogP contribution < -0.4 is 29.6 Å². The molecule has 1 amide bonds. The highest BCUT2D eigenvalue weighted by atomic mass is 16.5. The lowest BCUT2D eigenvalue weighted by atomic mass is 9.97. The molecule has 1 aliphatic rings. The molecule has 6 N–H and O–H groups in total. The zero-order valence-electron chi connectivity index (χ0n) is 29.1. The molecular weight excluding hydrogens is 670 g/mol. The van der Waals surface area contributed by atoms with Gasteiger partial charge in [0.2, 0.25) is 5.75 Å². The molecule has 13 nitrogen and oxygen atoms in total. The standard InChI is InChI=1S/C39H41N3O10/c1-22-5-7-31-29(11-22)39(47)41-38(40-31)23-6-8-33(28(12-23)20-45)50-9-4-10-51-37-35(48-2)15-25(16-36(37)49-3)34-17-32(42-52-34)24-13-26(18-43)30(21-46)27(14-24)19-44/h5-8,11-17,38,40,43-46H,4,9-10,18-21H2,1-3H3,(H,41,47). The molecule has 0 radical (unpaired) electrons. The second-order valence-corrected chi connectivity index (χ2v) is 12.2. The highest BCUT2D eigenvalue weighted by Gasteiger charge is 2.25. The van der Waals surface area contributed by atoms with Gasteiger partial charge in [-0.2, -0.15) is 0 Å². The smallest absolute Gasteiger partial charge is 0.255 e. The van der Waals surface area contributed by atoms with Crippen LogP contribution in [-0.2, 0) is 26.4 Å². The van der Waals surface area contributed by atoms with Gasteiger partial charge in [0, 0.05) is 34.9 Å². The van der Waals surface area contributed by atoms with Crippen LogP contribution in [0.5, 0.6) is 23.0 Å². The minimum Gasteiger partial charge on any atom is -0.493 e. The zero-order chi connectivity index (χ0) is 36.8. The maximum Gasteiger partial charge on any atom is 0.255 e. The molecule has 0 saturated heterocycles. The number of rotatable bonds is 15. The average Bonchev–Trinajstić information content (AvgIpc) is 3.67.